The van der Waals surface area contributed by atoms with Gasteiger partial charge in [-0.25, -0.2) is 4.98 Å². The molecular formula is C14H22N2O2S. The predicted octanol–water partition coefficient (Wildman–Crippen LogP) is 2.67. The fourth-order valence-electron chi connectivity index (χ4n) is 2.57. The Morgan fingerprint density at radius 2 is 2.11 bits per heavy atom. The second-order valence-electron chi connectivity index (χ2n) is 5.39. The van der Waals surface area contributed by atoms with Crippen LogP contribution < -0.4 is 0 Å². The predicted molar refractivity (Wildman–Crippen MR) is 76.9 cm³/mol. The molecule has 1 aliphatic heterocycles. The van der Waals surface area contributed by atoms with Gasteiger partial charge < -0.3 is 10.0 Å². The van der Waals surface area contributed by atoms with E-state index in [2.05, 4.69) is 16.8 Å². The van der Waals surface area contributed by atoms with Crippen LogP contribution in [0.2, 0.25) is 0 Å². The number of aryl methyl sites for hydroxylation is 1. The average Bonchev–Trinajstić information content (AvgIpc) is 2.71. The Morgan fingerprint density at radius 1 is 1.42 bits per heavy atom. The number of carboxylic acids is 1. The topological polar surface area (TPSA) is 53.4 Å². The molecule has 106 valence electrons. The van der Waals surface area contributed by atoms with Crippen LogP contribution in [0, 0.1) is 6.92 Å². The Labute approximate surface area is 118 Å². The van der Waals surface area contributed by atoms with Crippen LogP contribution in [0.3, 0.4) is 0 Å². The lowest BCUT2D eigenvalue weighted by Gasteiger charge is -2.28. The highest BCUT2D eigenvalue weighted by atomic mass is 32.1. The molecule has 0 spiro atoms. The van der Waals surface area contributed by atoms with Crippen molar-refractivity contribution in [3.63, 3.8) is 0 Å². The van der Waals surface area contributed by atoms with Crippen LogP contribution in [0.15, 0.2) is 0 Å². The van der Waals surface area contributed by atoms with Crippen LogP contribution in [-0.4, -0.2) is 40.6 Å². The number of thiazole rings is 1. The van der Waals surface area contributed by atoms with Gasteiger partial charge in [-0.1, -0.05) is 13.3 Å². The van der Waals surface area contributed by atoms with Gasteiger partial charge in [0, 0.05) is 17.3 Å². The molecule has 1 atom stereocenters. The van der Waals surface area contributed by atoms with Crippen molar-refractivity contribution in [1.29, 1.82) is 0 Å². The molecule has 0 aliphatic carbocycles. The van der Waals surface area contributed by atoms with E-state index < -0.39 is 5.97 Å². The van der Waals surface area contributed by atoms with E-state index in [0.29, 0.717) is 5.92 Å². The van der Waals surface area contributed by atoms with Crippen LogP contribution in [0.1, 0.15) is 47.7 Å². The van der Waals surface area contributed by atoms with Crippen molar-refractivity contribution in [3.8, 4) is 0 Å². The van der Waals surface area contributed by atoms with Gasteiger partial charge in [-0.05, 0) is 32.9 Å². The summed E-state index contributed by atoms with van der Waals surface area (Å²) >= 11 is 1.57. The van der Waals surface area contributed by atoms with E-state index in [1.807, 2.05) is 6.92 Å². The molecule has 1 N–H and O–H groups in total. The van der Waals surface area contributed by atoms with Crippen LogP contribution in [0.5, 0.6) is 0 Å². The Bertz CT molecular complexity index is 439. The summed E-state index contributed by atoms with van der Waals surface area (Å²) in [5, 5.41) is 9.95. The van der Waals surface area contributed by atoms with Gasteiger partial charge in [-0.15, -0.1) is 11.3 Å². The normalized spacial score (nSPS) is 18.4. The van der Waals surface area contributed by atoms with E-state index in [1.165, 1.54) is 32.4 Å². The minimum atomic E-state index is -0.776. The molecule has 1 fully saturated rings. The van der Waals surface area contributed by atoms with Crippen molar-refractivity contribution in [3.05, 3.63) is 15.6 Å². The quantitative estimate of drug-likeness (QED) is 0.902. The third kappa shape index (κ3) is 4.01. The van der Waals surface area contributed by atoms with Crippen molar-refractivity contribution in [1.82, 2.24) is 9.88 Å². The van der Waals surface area contributed by atoms with Crippen molar-refractivity contribution in [2.45, 2.75) is 45.4 Å². The maximum atomic E-state index is 10.8. The second kappa shape index (κ2) is 6.48. The zero-order valence-corrected chi connectivity index (χ0v) is 12.5. The number of aromatic nitrogens is 1. The monoisotopic (exact) mass is 282 g/mol. The molecule has 4 nitrogen and oxygen atoms in total. The summed E-state index contributed by atoms with van der Waals surface area (Å²) in [6, 6.07) is 0. The molecule has 0 aromatic carbocycles. The number of hydrogen-bond acceptors (Lipinski definition) is 4. The fraction of sp³-hybridized carbons (Fsp3) is 0.714. The molecular weight excluding hydrogens is 260 g/mol. The van der Waals surface area contributed by atoms with Gasteiger partial charge in [0.15, 0.2) is 0 Å². The maximum absolute atomic E-state index is 10.8. The zero-order chi connectivity index (χ0) is 13.8. The maximum Gasteiger partial charge on any atom is 0.308 e. The number of piperidine rings is 1. The summed E-state index contributed by atoms with van der Waals surface area (Å²) in [4.78, 5) is 18.7. The first kappa shape index (κ1) is 14.5. The summed E-state index contributed by atoms with van der Waals surface area (Å²) in [5.41, 5.74) is 0.882. The molecule has 1 aliphatic rings. The van der Waals surface area contributed by atoms with E-state index in [4.69, 9.17) is 5.11 Å². The van der Waals surface area contributed by atoms with E-state index in [-0.39, 0.29) is 6.42 Å². The number of carbonyl (C=O) groups is 1. The highest BCUT2D eigenvalue weighted by Gasteiger charge is 2.19. The standard InChI is InChI=1S/C14H22N2O2S/c1-10(9-16-6-4-3-5-7-16)14-15-11(2)12(19-14)8-13(17)18/h10H,3-9H2,1-2H3,(H,17,18). The summed E-state index contributed by atoms with van der Waals surface area (Å²) in [6.45, 7) is 7.52. The molecule has 1 unspecified atom stereocenters. The lowest BCUT2D eigenvalue weighted by atomic mass is 10.1. The number of nitrogens with zero attached hydrogens (tertiary/aromatic N) is 2. The molecule has 0 radical (unpaired) electrons. The lowest BCUT2D eigenvalue weighted by Crippen LogP contribution is -2.32. The van der Waals surface area contributed by atoms with Crippen LogP contribution >= 0.6 is 11.3 Å². The zero-order valence-electron chi connectivity index (χ0n) is 11.7. The first-order valence-electron chi connectivity index (χ1n) is 6.96. The molecule has 2 rings (SSSR count). The van der Waals surface area contributed by atoms with Crippen molar-refractivity contribution >= 4 is 17.3 Å². The second-order valence-corrected chi connectivity index (χ2v) is 6.51. The summed E-state index contributed by atoms with van der Waals surface area (Å²) in [6.07, 6.45) is 4.05. The molecule has 19 heavy (non-hydrogen) atoms. The van der Waals surface area contributed by atoms with Gasteiger partial charge in [0.25, 0.3) is 0 Å². The van der Waals surface area contributed by atoms with E-state index in [9.17, 15) is 4.79 Å². The number of aliphatic carboxylic acids is 1. The van der Waals surface area contributed by atoms with E-state index in [0.717, 1.165) is 22.1 Å². The third-order valence-corrected chi connectivity index (χ3v) is 5.01. The molecule has 0 saturated carbocycles. The van der Waals surface area contributed by atoms with Crippen molar-refractivity contribution in [2.24, 2.45) is 0 Å². The van der Waals surface area contributed by atoms with Crippen LogP contribution in [0.4, 0.5) is 0 Å². The van der Waals surface area contributed by atoms with Crippen LogP contribution in [0.25, 0.3) is 0 Å². The lowest BCUT2D eigenvalue weighted by molar-refractivity contribution is -0.136. The Morgan fingerprint density at radius 3 is 2.74 bits per heavy atom. The molecule has 1 aromatic heterocycles. The molecule has 0 amide bonds. The van der Waals surface area contributed by atoms with Gasteiger partial charge in [-0.2, -0.15) is 0 Å². The van der Waals surface area contributed by atoms with Gasteiger partial charge in [-0.3, -0.25) is 4.79 Å². The first-order chi connectivity index (χ1) is 9.06. The molecule has 0 bridgehead atoms. The minimum absolute atomic E-state index is 0.0972. The van der Waals surface area contributed by atoms with Gasteiger partial charge in [0.1, 0.15) is 0 Å². The Hall–Kier alpha value is -0.940. The fourth-order valence-corrected chi connectivity index (χ4v) is 3.67. The number of carboxylic acid groups (broad SMARTS) is 1. The summed E-state index contributed by atoms with van der Waals surface area (Å²) in [7, 11) is 0. The van der Waals surface area contributed by atoms with E-state index in [1.54, 1.807) is 11.3 Å². The summed E-state index contributed by atoms with van der Waals surface area (Å²) in [5.74, 6) is -0.383. The van der Waals surface area contributed by atoms with Crippen molar-refractivity contribution < 1.29 is 9.90 Å². The highest BCUT2D eigenvalue weighted by Crippen LogP contribution is 2.26. The van der Waals surface area contributed by atoms with Crippen molar-refractivity contribution in [2.75, 3.05) is 19.6 Å². The van der Waals surface area contributed by atoms with E-state index >= 15 is 0 Å². The SMILES string of the molecule is Cc1nc(C(C)CN2CCCCC2)sc1CC(=O)O. The Kier molecular flexibility index (Phi) is 4.93. The number of rotatable bonds is 5. The number of likely N-dealkylation sites (tertiary alicyclic amines) is 1. The minimum Gasteiger partial charge on any atom is -0.481 e. The van der Waals surface area contributed by atoms with Gasteiger partial charge in [0.2, 0.25) is 0 Å². The molecule has 1 aromatic rings. The highest BCUT2D eigenvalue weighted by molar-refractivity contribution is 7.11. The molecule has 2 heterocycles. The van der Waals surface area contributed by atoms with Crippen LogP contribution in [-0.2, 0) is 11.2 Å². The number of hydrogen-bond donors (Lipinski definition) is 1. The van der Waals surface area contributed by atoms with Gasteiger partial charge in [0.05, 0.1) is 17.1 Å². The summed E-state index contributed by atoms with van der Waals surface area (Å²) < 4.78 is 0. The molecule has 1 saturated heterocycles. The largest absolute Gasteiger partial charge is 0.481 e. The molecule has 5 heteroatoms. The third-order valence-electron chi connectivity index (χ3n) is 3.62. The first-order valence-corrected chi connectivity index (χ1v) is 7.78. The smallest absolute Gasteiger partial charge is 0.308 e. The van der Waals surface area contributed by atoms with Gasteiger partial charge >= 0.3 is 5.97 Å². The average molecular weight is 282 g/mol. The Balaban J connectivity index is 1.98.